The molecule has 1 aliphatic carbocycles. The maximum atomic E-state index is 12.5. The molecule has 0 unspecified atom stereocenters. The summed E-state index contributed by atoms with van der Waals surface area (Å²) in [5.41, 5.74) is 9.84. The van der Waals surface area contributed by atoms with Crippen LogP contribution in [0.4, 0.5) is 4.79 Å². The Balaban J connectivity index is 1.67. The van der Waals surface area contributed by atoms with Crippen molar-refractivity contribution in [3.05, 3.63) is 59.7 Å². The summed E-state index contributed by atoms with van der Waals surface area (Å²) in [5, 5.41) is 9.07. The summed E-state index contributed by atoms with van der Waals surface area (Å²) in [4.78, 5) is 24.7. The van der Waals surface area contributed by atoms with Gasteiger partial charge in [-0.25, -0.2) is 4.79 Å². The van der Waals surface area contributed by atoms with Crippen LogP contribution in [0.25, 0.3) is 11.1 Å². The minimum absolute atomic E-state index is 0.0727. The second-order valence-electron chi connectivity index (χ2n) is 6.52. The Hall–Kier alpha value is -2.90. The highest BCUT2D eigenvalue weighted by atomic mass is 16.6. The van der Waals surface area contributed by atoms with Crippen LogP contribution in [-0.2, 0) is 14.3 Å². The van der Waals surface area contributed by atoms with Crippen molar-refractivity contribution in [2.24, 2.45) is 5.73 Å². The van der Waals surface area contributed by atoms with E-state index >= 15 is 0 Å². The number of carboxylic acid groups (broad SMARTS) is 1. The molecule has 0 atom stereocenters. The number of nitrogens with two attached hydrogens (primary N) is 1. The number of fused-ring (bicyclic) bond motifs is 3. The van der Waals surface area contributed by atoms with Gasteiger partial charge in [-0.05, 0) is 22.3 Å². The van der Waals surface area contributed by atoms with E-state index in [0.717, 1.165) is 27.2 Å². The smallest absolute Gasteiger partial charge is 0.410 e. The Morgan fingerprint density at radius 2 is 1.61 bits per heavy atom. The Labute approximate surface area is 163 Å². The van der Waals surface area contributed by atoms with Gasteiger partial charge in [0.15, 0.2) is 0 Å². The highest BCUT2D eigenvalue weighted by Gasteiger charge is 2.29. The molecular weight excluding hydrogens is 360 g/mol. The standard InChI is InChI=1S/C21H24N2O5/c22-9-11-27-12-10-23(13-20(24)25)21(26)28-14-19-17-7-3-1-5-15(17)16-6-2-4-8-18(16)19/h1-8,19H,9-14,22H2,(H,24,25). The topological polar surface area (TPSA) is 102 Å². The number of carbonyl (C=O) groups is 2. The van der Waals surface area contributed by atoms with E-state index in [4.69, 9.17) is 20.3 Å². The highest BCUT2D eigenvalue weighted by Crippen LogP contribution is 2.44. The van der Waals surface area contributed by atoms with E-state index < -0.39 is 18.6 Å². The minimum atomic E-state index is -1.10. The second kappa shape index (κ2) is 9.34. The van der Waals surface area contributed by atoms with Crippen LogP contribution in [0, 0.1) is 0 Å². The van der Waals surface area contributed by atoms with Crippen LogP contribution in [-0.4, -0.2) is 61.5 Å². The number of benzene rings is 2. The predicted octanol–water partition coefficient (Wildman–Crippen LogP) is 2.30. The van der Waals surface area contributed by atoms with Crippen molar-refractivity contribution in [3.63, 3.8) is 0 Å². The number of carbonyl (C=O) groups excluding carboxylic acids is 1. The van der Waals surface area contributed by atoms with Crippen LogP contribution in [0.5, 0.6) is 0 Å². The van der Waals surface area contributed by atoms with Gasteiger partial charge in [-0.1, -0.05) is 48.5 Å². The maximum absolute atomic E-state index is 12.5. The number of hydrogen-bond donors (Lipinski definition) is 2. The largest absolute Gasteiger partial charge is 0.480 e. The average Bonchev–Trinajstić information content (AvgIpc) is 3.02. The molecule has 0 heterocycles. The van der Waals surface area contributed by atoms with Gasteiger partial charge in [0.1, 0.15) is 13.2 Å². The molecule has 28 heavy (non-hydrogen) atoms. The van der Waals surface area contributed by atoms with Crippen LogP contribution in [0.3, 0.4) is 0 Å². The minimum Gasteiger partial charge on any atom is -0.480 e. The summed E-state index contributed by atoms with van der Waals surface area (Å²) in [6.45, 7) is 0.752. The lowest BCUT2D eigenvalue weighted by Gasteiger charge is -2.22. The number of carboxylic acids is 1. The molecule has 0 spiro atoms. The van der Waals surface area contributed by atoms with Gasteiger partial charge in [0, 0.05) is 19.0 Å². The van der Waals surface area contributed by atoms with Gasteiger partial charge in [-0.15, -0.1) is 0 Å². The Bertz CT molecular complexity index is 794. The van der Waals surface area contributed by atoms with Gasteiger partial charge < -0.3 is 20.3 Å². The molecule has 0 fully saturated rings. The van der Waals surface area contributed by atoms with Crippen LogP contribution < -0.4 is 5.73 Å². The third-order valence-electron chi connectivity index (χ3n) is 4.69. The van der Waals surface area contributed by atoms with E-state index in [1.165, 1.54) is 0 Å². The summed E-state index contributed by atoms with van der Waals surface area (Å²) < 4.78 is 10.8. The lowest BCUT2D eigenvalue weighted by atomic mass is 9.98. The van der Waals surface area contributed by atoms with Gasteiger partial charge in [0.2, 0.25) is 0 Å². The zero-order valence-electron chi connectivity index (χ0n) is 15.5. The number of rotatable bonds is 9. The third kappa shape index (κ3) is 4.49. The lowest BCUT2D eigenvalue weighted by Crippen LogP contribution is -2.39. The van der Waals surface area contributed by atoms with Crippen molar-refractivity contribution in [2.45, 2.75) is 5.92 Å². The number of amides is 1. The zero-order valence-corrected chi connectivity index (χ0v) is 15.5. The molecule has 148 valence electrons. The molecular formula is C21H24N2O5. The predicted molar refractivity (Wildman–Crippen MR) is 104 cm³/mol. The molecule has 0 saturated carbocycles. The summed E-state index contributed by atoms with van der Waals surface area (Å²) in [5.74, 6) is -1.18. The quantitative estimate of drug-likeness (QED) is 0.643. The first kappa shape index (κ1) is 19.9. The van der Waals surface area contributed by atoms with Crippen molar-refractivity contribution in [3.8, 4) is 11.1 Å². The van der Waals surface area contributed by atoms with Crippen molar-refractivity contribution >= 4 is 12.1 Å². The fraction of sp³-hybridized carbons (Fsp3) is 0.333. The Morgan fingerprint density at radius 3 is 2.18 bits per heavy atom. The molecule has 0 radical (unpaired) electrons. The monoisotopic (exact) mass is 384 g/mol. The molecule has 3 N–H and O–H groups in total. The maximum Gasteiger partial charge on any atom is 0.410 e. The van der Waals surface area contributed by atoms with E-state index in [2.05, 4.69) is 12.1 Å². The number of aliphatic carboxylic acids is 1. The van der Waals surface area contributed by atoms with Crippen molar-refractivity contribution in [2.75, 3.05) is 39.5 Å². The highest BCUT2D eigenvalue weighted by molar-refractivity contribution is 5.79. The van der Waals surface area contributed by atoms with Crippen molar-refractivity contribution < 1.29 is 24.2 Å². The molecule has 2 aromatic carbocycles. The van der Waals surface area contributed by atoms with Crippen LogP contribution in [0.1, 0.15) is 17.0 Å². The lowest BCUT2D eigenvalue weighted by molar-refractivity contribution is -0.138. The Kier molecular flexibility index (Phi) is 6.62. The van der Waals surface area contributed by atoms with E-state index in [9.17, 15) is 9.59 Å². The van der Waals surface area contributed by atoms with Crippen LogP contribution in [0.15, 0.2) is 48.5 Å². The molecule has 1 aliphatic rings. The first-order chi connectivity index (χ1) is 13.6. The van der Waals surface area contributed by atoms with Crippen molar-refractivity contribution in [1.29, 1.82) is 0 Å². The number of nitrogens with zero attached hydrogens (tertiary/aromatic N) is 1. The van der Waals surface area contributed by atoms with Gasteiger partial charge in [0.05, 0.1) is 13.2 Å². The molecule has 0 saturated heterocycles. The van der Waals surface area contributed by atoms with Crippen LogP contribution in [0.2, 0.25) is 0 Å². The molecule has 2 aromatic rings. The average molecular weight is 384 g/mol. The van der Waals surface area contributed by atoms with E-state index in [1.807, 2.05) is 36.4 Å². The molecule has 0 aliphatic heterocycles. The summed E-state index contributed by atoms with van der Waals surface area (Å²) >= 11 is 0. The van der Waals surface area contributed by atoms with Gasteiger partial charge in [-0.3, -0.25) is 9.69 Å². The van der Waals surface area contributed by atoms with Gasteiger partial charge in [-0.2, -0.15) is 0 Å². The molecule has 3 rings (SSSR count). The molecule has 7 nitrogen and oxygen atoms in total. The van der Waals surface area contributed by atoms with E-state index in [0.29, 0.717) is 13.2 Å². The zero-order chi connectivity index (χ0) is 19.9. The van der Waals surface area contributed by atoms with E-state index in [1.54, 1.807) is 0 Å². The molecule has 1 amide bonds. The van der Waals surface area contributed by atoms with Crippen LogP contribution >= 0.6 is 0 Å². The second-order valence-corrected chi connectivity index (χ2v) is 6.52. The first-order valence-electron chi connectivity index (χ1n) is 9.21. The number of ether oxygens (including phenoxy) is 2. The van der Waals surface area contributed by atoms with Gasteiger partial charge in [0.25, 0.3) is 0 Å². The normalized spacial score (nSPS) is 12.3. The molecule has 7 heteroatoms. The molecule has 0 aromatic heterocycles. The number of hydrogen-bond acceptors (Lipinski definition) is 5. The first-order valence-corrected chi connectivity index (χ1v) is 9.21. The fourth-order valence-electron chi connectivity index (χ4n) is 3.44. The van der Waals surface area contributed by atoms with Crippen molar-refractivity contribution in [1.82, 2.24) is 4.90 Å². The summed E-state index contributed by atoms with van der Waals surface area (Å²) in [6.07, 6.45) is -0.666. The van der Waals surface area contributed by atoms with E-state index in [-0.39, 0.29) is 25.7 Å². The third-order valence-corrected chi connectivity index (χ3v) is 4.69. The Morgan fingerprint density at radius 1 is 1.00 bits per heavy atom. The molecule has 0 bridgehead atoms. The SMILES string of the molecule is NCCOCCN(CC(=O)O)C(=O)OCC1c2ccccc2-c2ccccc21. The summed E-state index contributed by atoms with van der Waals surface area (Å²) in [7, 11) is 0. The summed E-state index contributed by atoms with van der Waals surface area (Å²) in [6, 6.07) is 16.1. The van der Waals surface area contributed by atoms with Gasteiger partial charge >= 0.3 is 12.1 Å². The fourth-order valence-corrected chi connectivity index (χ4v) is 3.44.